The number of nitrogens with zero attached hydrogens (tertiary/aromatic N) is 1. The third-order valence-electron chi connectivity index (χ3n) is 7.07. The zero-order chi connectivity index (χ0) is 27.2. The fraction of sp³-hybridized carbons (Fsp3) is 0.258. The number of fused-ring (bicyclic) bond motifs is 1. The molecule has 1 unspecified atom stereocenters. The van der Waals surface area contributed by atoms with Crippen LogP contribution in [0.5, 0.6) is 5.75 Å². The van der Waals surface area contributed by atoms with E-state index in [1.807, 2.05) is 24.3 Å². The molecule has 0 aromatic heterocycles. The molecule has 7 nitrogen and oxygen atoms in total. The summed E-state index contributed by atoms with van der Waals surface area (Å²) in [5, 5.41) is 20.5. The molecule has 2 aliphatic rings. The van der Waals surface area contributed by atoms with Gasteiger partial charge in [-0.2, -0.15) is 0 Å². The van der Waals surface area contributed by atoms with Gasteiger partial charge in [0.2, 0.25) is 0 Å². The van der Waals surface area contributed by atoms with Crippen LogP contribution in [-0.2, 0) is 32.6 Å². The number of carbonyl (C=O) groups excluding carboxylic acids is 2. The van der Waals surface area contributed by atoms with E-state index in [4.69, 9.17) is 9.84 Å². The molecule has 0 saturated carbocycles. The van der Waals surface area contributed by atoms with Gasteiger partial charge in [-0.25, -0.2) is 0 Å². The topological polar surface area (TPSA) is 104 Å². The number of ether oxygens (including phenoxy) is 1. The number of aliphatic hydroxyl groups excluding tert-OH is 1. The van der Waals surface area contributed by atoms with E-state index >= 15 is 0 Å². The summed E-state index contributed by atoms with van der Waals surface area (Å²) < 4.78 is 5.57. The van der Waals surface area contributed by atoms with Gasteiger partial charge in [-0.15, -0.1) is 0 Å². The van der Waals surface area contributed by atoms with Crippen LogP contribution in [0.4, 0.5) is 5.69 Å². The lowest BCUT2D eigenvalue weighted by Gasteiger charge is -2.27. The Morgan fingerprint density at radius 2 is 1.66 bits per heavy atom. The number of carboxylic acid groups (broad SMARTS) is 1. The van der Waals surface area contributed by atoms with E-state index in [1.165, 1.54) is 4.90 Å². The SMILES string of the molecule is CC(C)(C)c1ccc(C2/C(=C(/O)c3ccc4c(c3)CCO4)C(=O)C(=O)N2c2ccc(CC(=O)O)cc2)cc1. The number of hydrogen-bond donors (Lipinski definition) is 2. The van der Waals surface area contributed by atoms with Crippen LogP contribution in [0.25, 0.3) is 5.76 Å². The van der Waals surface area contributed by atoms with Crippen molar-refractivity contribution in [2.45, 2.75) is 45.1 Å². The first-order valence-electron chi connectivity index (χ1n) is 12.5. The number of benzene rings is 3. The van der Waals surface area contributed by atoms with Crippen molar-refractivity contribution < 1.29 is 29.3 Å². The minimum atomic E-state index is -0.961. The number of carbonyl (C=O) groups is 3. The van der Waals surface area contributed by atoms with E-state index in [-0.39, 0.29) is 23.2 Å². The van der Waals surface area contributed by atoms with Gasteiger partial charge >= 0.3 is 5.97 Å². The lowest BCUT2D eigenvalue weighted by molar-refractivity contribution is -0.136. The zero-order valence-corrected chi connectivity index (χ0v) is 21.5. The van der Waals surface area contributed by atoms with Gasteiger partial charge in [0.05, 0.1) is 24.6 Å². The van der Waals surface area contributed by atoms with Gasteiger partial charge in [0.15, 0.2) is 0 Å². The average Bonchev–Trinajstić information content (AvgIpc) is 3.45. The molecule has 0 bridgehead atoms. The summed E-state index contributed by atoms with van der Waals surface area (Å²) in [6.45, 7) is 6.86. The molecule has 1 fully saturated rings. The van der Waals surface area contributed by atoms with Gasteiger partial charge < -0.3 is 14.9 Å². The third-order valence-corrected chi connectivity index (χ3v) is 7.07. The summed E-state index contributed by atoms with van der Waals surface area (Å²) in [6.07, 6.45) is 0.546. The normalized spacial score (nSPS) is 18.4. The van der Waals surface area contributed by atoms with Crippen LogP contribution in [0.2, 0.25) is 0 Å². The standard InChI is InChI=1S/C31H29NO6/c1-31(2,3)22-9-6-19(7-10-22)27-26(28(35)21-8-13-24-20(17-21)14-15-38-24)29(36)30(37)32(27)23-11-4-18(5-12-23)16-25(33)34/h4-13,17,27,35H,14-16H2,1-3H3,(H,33,34)/b28-26-. The first-order chi connectivity index (χ1) is 18.0. The number of rotatable bonds is 5. The molecule has 1 atom stereocenters. The van der Waals surface area contributed by atoms with Crippen LogP contribution in [0.15, 0.2) is 72.3 Å². The highest BCUT2D eigenvalue weighted by molar-refractivity contribution is 6.51. The first-order valence-corrected chi connectivity index (χ1v) is 12.5. The molecular weight excluding hydrogens is 482 g/mol. The summed E-state index contributed by atoms with van der Waals surface area (Å²) in [7, 11) is 0. The van der Waals surface area contributed by atoms with E-state index < -0.39 is 23.7 Å². The molecule has 38 heavy (non-hydrogen) atoms. The van der Waals surface area contributed by atoms with Crippen LogP contribution in [0, 0.1) is 0 Å². The van der Waals surface area contributed by atoms with Crippen LogP contribution in [0.1, 0.15) is 54.6 Å². The smallest absolute Gasteiger partial charge is 0.307 e. The van der Waals surface area contributed by atoms with Gasteiger partial charge in [0.1, 0.15) is 11.5 Å². The second-order valence-electron chi connectivity index (χ2n) is 10.7. The molecule has 0 spiro atoms. The summed E-state index contributed by atoms with van der Waals surface area (Å²) in [5.74, 6) is -1.99. The van der Waals surface area contributed by atoms with Gasteiger partial charge in [-0.3, -0.25) is 19.3 Å². The zero-order valence-electron chi connectivity index (χ0n) is 21.5. The number of ketones is 1. The fourth-order valence-corrected chi connectivity index (χ4v) is 5.02. The number of amides is 1. The lowest BCUT2D eigenvalue weighted by atomic mass is 9.85. The monoisotopic (exact) mass is 511 g/mol. The van der Waals surface area contributed by atoms with E-state index in [1.54, 1.807) is 42.5 Å². The van der Waals surface area contributed by atoms with E-state index in [0.717, 1.165) is 16.9 Å². The largest absolute Gasteiger partial charge is 0.507 e. The van der Waals surface area contributed by atoms with Gasteiger partial charge in [-0.1, -0.05) is 57.2 Å². The number of Topliss-reactive ketones (excluding diaryl/α,β-unsaturated/α-hetero) is 1. The Morgan fingerprint density at radius 1 is 0.974 bits per heavy atom. The lowest BCUT2D eigenvalue weighted by Crippen LogP contribution is -2.29. The van der Waals surface area contributed by atoms with Gasteiger partial charge in [0.25, 0.3) is 11.7 Å². The van der Waals surface area contributed by atoms with E-state index in [0.29, 0.717) is 35.4 Å². The van der Waals surface area contributed by atoms with Gasteiger partial charge in [-0.05, 0) is 58.0 Å². The highest BCUT2D eigenvalue weighted by Gasteiger charge is 2.47. The van der Waals surface area contributed by atoms with Crippen molar-refractivity contribution in [2.24, 2.45) is 0 Å². The molecule has 2 N–H and O–H groups in total. The number of carboxylic acids is 1. The Morgan fingerprint density at radius 3 is 2.29 bits per heavy atom. The third kappa shape index (κ3) is 4.56. The maximum absolute atomic E-state index is 13.4. The van der Waals surface area contributed by atoms with Crippen molar-refractivity contribution >= 4 is 29.1 Å². The number of aliphatic hydroxyl groups is 1. The summed E-state index contributed by atoms with van der Waals surface area (Å²) >= 11 is 0. The van der Waals surface area contributed by atoms with Crippen molar-refractivity contribution in [3.05, 3.63) is 100 Å². The fourth-order valence-electron chi connectivity index (χ4n) is 5.02. The summed E-state index contributed by atoms with van der Waals surface area (Å²) in [4.78, 5) is 39.4. The Labute approximate surface area is 221 Å². The Hall–Kier alpha value is -4.39. The van der Waals surface area contributed by atoms with Crippen LogP contribution >= 0.6 is 0 Å². The van der Waals surface area contributed by atoms with Crippen molar-refractivity contribution in [1.29, 1.82) is 0 Å². The molecule has 3 aromatic carbocycles. The number of anilines is 1. The molecule has 2 heterocycles. The minimum Gasteiger partial charge on any atom is -0.507 e. The molecule has 2 aliphatic heterocycles. The summed E-state index contributed by atoms with van der Waals surface area (Å²) in [5.41, 5.74) is 4.08. The molecule has 3 aromatic rings. The van der Waals surface area contributed by atoms with Crippen LogP contribution < -0.4 is 9.64 Å². The molecule has 0 aliphatic carbocycles. The molecule has 0 radical (unpaired) electrons. The second kappa shape index (κ2) is 9.49. The quantitative estimate of drug-likeness (QED) is 0.278. The molecule has 5 rings (SSSR count). The highest BCUT2D eigenvalue weighted by atomic mass is 16.5. The minimum absolute atomic E-state index is 0.00647. The number of aliphatic carboxylic acids is 1. The average molecular weight is 512 g/mol. The highest BCUT2D eigenvalue weighted by Crippen LogP contribution is 2.43. The molecular formula is C31H29NO6. The molecule has 194 valence electrons. The molecule has 7 heteroatoms. The Kier molecular flexibility index (Phi) is 6.31. The maximum atomic E-state index is 13.4. The van der Waals surface area contributed by atoms with E-state index in [9.17, 15) is 19.5 Å². The Balaban J connectivity index is 1.65. The maximum Gasteiger partial charge on any atom is 0.307 e. The van der Waals surface area contributed by atoms with Crippen molar-refractivity contribution in [3.63, 3.8) is 0 Å². The predicted octanol–water partition coefficient (Wildman–Crippen LogP) is 5.17. The Bertz CT molecular complexity index is 1460. The van der Waals surface area contributed by atoms with E-state index in [2.05, 4.69) is 20.8 Å². The molecule has 1 amide bonds. The second-order valence-corrected chi connectivity index (χ2v) is 10.7. The predicted molar refractivity (Wildman–Crippen MR) is 143 cm³/mol. The van der Waals surface area contributed by atoms with Crippen LogP contribution in [0.3, 0.4) is 0 Å². The van der Waals surface area contributed by atoms with Crippen molar-refractivity contribution in [3.8, 4) is 5.75 Å². The summed E-state index contributed by atoms with van der Waals surface area (Å²) in [6, 6.07) is 18.6. The van der Waals surface area contributed by atoms with Gasteiger partial charge in [0, 0.05) is 17.7 Å². The number of hydrogen-bond acceptors (Lipinski definition) is 5. The van der Waals surface area contributed by atoms with Crippen molar-refractivity contribution in [1.82, 2.24) is 0 Å². The van der Waals surface area contributed by atoms with Crippen molar-refractivity contribution in [2.75, 3.05) is 11.5 Å². The first kappa shape index (κ1) is 25.3. The van der Waals surface area contributed by atoms with Crippen LogP contribution in [-0.4, -0.2) is 34.5 Å². The molecule has 1 saturated heterocycles.